The predicted molar refractivity (Wildman–Crippen MR) is 72.2 cm³/mol. The van der Waals surface area contributed by atoms with Crippen molar-refractivity contribution in [2.75, 3.05) is 5.32 Å². The summed E-state index contributed by atoms with van der Waals surface area (Å²) in [5.41, 5.74) is 1.05. The van der Waals surface area contributed by atoms with Crippen LogP contribution < -0.4 is 5.32 Å². The van der Waals surface area contributed by atoms with Crippen molar-refractivity contribution in [3.63, 3.8) is 0 Å². The summed E-state index contributed by atoms with van der Waals surface area (Å²) in [4.78, 5) is 10.3. The molecule has 0 aromatic heterocycles. The average Bonchev–Trinajstić information content (AvgIpc) is 2.43. The normalized spacial score (nSPS) is 9.85. The summed E-state index contributed by atoms with van der Waals surface area (Å²) in [6.45, 7) is 1.61. The van der Waals surface area contributed by atoms with E-state index in [2.05, 4.69) is 5.32 Å². The third kappa shape index (κ3) is 2.57. The van der Waals surface area contributed by atoms with Gasteiger partial charge in [-0.15, -0.1) is 0 Å². The Kier molecular flexibility index (Phi) is 3.62. The second-order valence-corrected chi connectivity index (χ2v) is 4.14. The number of hydrogen-bond donors (Lipinski definition) is 1. The molecule has 0 bridgehead atoms. The molecule has 0 spiro atoms. The Morgan fingerprint density at radius 1 is 1.35 bits per heavy atom. The van der Waals surface area contributed by atoms with Gasteiger partial charge in [-0.2, -0.15) is 5.26 Å². The Labute approximate surface area is 114 Å². The zero-order valence-corrected chi connectivity index (χ0v) is 10.6. The number of benzene rings is 2. The highest BCUT2D eigenvalue weighted by atomic mass is 19.1. The lowest BCUT2D eigenvalue weighted by atomic mass is 10.1. The maximum Gasteiger partial charge on any atom is 0.289 e. The van der Waals surface area contributed by atoms with Crippen molar-refractivity contribution in [3.05, 3.63) is 63.5 Å². The molecule has 0 aliphatic heterocycles. The molecule has 0 heterocycles. The van der Waals surface area contributed by atoms with Gasteiger partial charge >= 0.3 is 0 Å². The van der Waals surface area contributed by atoms with Gasteiger partial charge in [0, 0.05) is 23.0 Å². The van der Waals surface area contributed by atoms with Crippen LogP contribution in [0.5, 0.6) is 0 Å². The van der Waals surface area contributed by atoms with Crippen LogP contribution in [0.25, 0.3) is 0 Å². The quantitative estimate of drug-likeness (QED) is 0.682. The third-order valence-corrected chi connectivity index (χ3v) is 2.86. The van der Waals surface area contributed by atoms with Gasteiger partial charge in [-0.05, 0) is 31.2 Å². The molecule has 0 aliphatic carbocycles. The molecule has 5 nitrogen and oxygen atoms in total. The maximum atomic E-state index is 13.4. The predicted octanol–water partition coefficient (Wildman–Crippen LogP) is 3.66. The van der Waals surface area contributed by atoms with E-state index in [9.17, 15) is 14.5 Å². The van der Waals surface area contributed by atoms with E-state index in [4.69, 9.17) is 5.26 Å². The molecule has 1 N–H and O–H groups in total. The standard InChI is InChI=1S/C14H10FN3O2/c1-9-12(15)3-2-4-13(9)17-11-6-5-10(8-16)14(7-11)18(19)20/h2-7,17H,1H3. The molecule has 0 radical (unpaired) electrons. The van der Waals surface area contributed by atoms with Crippen LogP contribution in [0.2, 0.25) is 0 Å². The lowest BCUT2D eigenvalue weighted by Crippen LogP contribution is -1.98. The van der Waals surface area contributed by atoms with Gasteiger partial charge in [-0.1, -0.05) is 6.07 Å². The highest BCUT2D eigenvalue weighted by Gasteiger charge is 2.14. The van der Waals surface area contributed by atoms with Crippen LogP contribution in [-0.2, 0) is 0 Å². The minimum absolute atomic E-state index is 0.0171. The molecule has 2 rings (SSSR count). The molecule has 0 fully saturated rings. The number of nitriles is 1. The summed E-state index contributed by atoms with van der Waals surface area (Å²) in [5, 5.41) is 22.6. The first-order chi connectivity index (χ1) is 9.52. The summed E-state index contributed by atoms with van der Waals surface area (Å²) >= 11 is 0. The van der Waals surface area contributed by atoms with Crippen LogP contribution in [0.3, 0.4) is 0 Å². The SMILES string of the molecule is Cc1c(F)cccc1Nc1ccc(C#N)c([N+](=O)[O-])c1. The molecular weight excluding hydrogens is 261 g/mol. The number of nitro groups is 1. The van der Waals surface area contributed by atoms with Crippen LogP contribution in [-0.4, -0.2) is 4.92 Å². The first kappa shape index (κ1) is 13.5. The number of halogens is 1. The van der Waals surface area contributed by atoms with E-state index >= 15 is 0 Å². The maximum absolute atomic E-state index is 13.4. The number of rotatable bonds is 3. The van der Waals surface area contributed by atoms with Gasteiger partial charge in [0.05, 0.1) is 4.92 Å². The van der Waals surface area contributed by atoms with Crippen molar-refractivity contribution >= 4 is 17.1 Å². The smallest absolute Gasteiger partial charge is 0.289 e. The fourth-order valence-electron chi connectivity index (χ4n) is 1.75. The number of anilines is 2. The Morgan fingerprint density at radius 3 is 2.75 bits per heavy atom. The van der Waals surface area contributed by atoms with Gasteiger partial charge in [0.1, 0.15) is 17.4 Å². The zero-order chi connectivity index (χ0) is 14.7. The Bertz CT molecular complexity index is 723. The van der Waals surface area contributed by atoms with Crippen LogP contribution in [0.4, 0.5) is 21.5 Å². The monoisotopic (exact) mass is 271 g/mol. The number of nitro benzene ring substituents is 1. The van der Waals surface area contributed by atoms with E-state index in [1.165, 1.54) is 24.3 Å². The van der Waals surface area contributed by atoms with Crippen LogP contribution >= 0.6 is 0 Å². The lowest BCUT2D eigenvalue weighted by molar-refractivity contribution is -0.385. The fourth-order valence-corrected chi connectivity index (χ4v) is 1.75. The van der Waals surface area contributed by atoms with Crippen molar-refractivity contribution in [1.29, 1.82) is 5.26 Å². The molecule has 0 amide bonds. The summed E-state index contributed by atoms with van der Waals surface area (Å²) in [6, 6.07) is 10.5. The first-order valence-electron chi connectivity index (χ1n) is 5.73. The Morgan fingerprint density at radius 2 is 2.10 bits per heavy atom. The second kappa shape index (κ2) is 5.36. The molecule has 20 heavy (non-hydrogen) atoms. The van der Waals surface area contributed by atoms with Crippen LogP contribution in [0.15, 0.2) is 36.4 Å². The molecule has 0 saturated heterocycles. The first-order valence-corrected chi connectivity index (χ1v) is 5.73. The molecule has 0 saturated carbocycles. The summed E-state index contributed by atoms with van der Waals surface area (Å²) in [5.74, 6) is -0.363. The van der Waals surface area contributed by atoms with Crippen LogP contribution in [0, 0.1) is 34.2 Å². The number of nitrogens with one attached hydrogen (secondary N) is 1. The largest absolute Gasteiger partial charge is 0.355 e. The molecule has 0 atom stereocenters. The second-order valence-electron chi connectivity index (χ2n) is 4.14. The van der Waals surface area contributed by atoms with Gasteiger partial charge in [0.15, 0.2) is 0 Å². The van der Waals surface area contributed by atoms with Gasteiger partial charge in [-0.3, -0.25) is 10.1 Å². The molecule has 6 heteroatoms. The van der Waals surface area contributed by atoms with E-state index in [-0.39, 0.29) is 17.1 Å². The van der Waals surface area contributed by atoms with E-state index in [0.717, 1.165) is 0 Å². The highest BCUT2D eigenvalue weighted by molar-refractivity contribution is 5.67. The van der Waals surface area contributed by atoms with E-state index in [0.29, 0.717) is 16.9 Å². The van der Waals surface area contributed by atoms with E-state index in [1.807, 2.05) is 0 Å². The van der Waals surface area contributed by atoms with Crippen molar-refractivity contribution in [2.24, 2.45) is 0 Å². The fraction of sp³-hybridized carbons (Fsp3) is 0.0714. The van der Waals surface area contributed by atoms with E-state index < -0.39 is 4.92 Å². The summed E-state index contributed by atoms with van der Waals surface area (Å²) < 4.78 is 13.4. The average molecular weight is 271 g/mol. The molecular formula is C14H10FN3O2. The molecule has 100 valence electrons. The van der Waals surface area contributed by atoms with Gasteiger partial charge in [-0.25, -0.2) is 4.39 Å². The minimum Gasteiger partial charge on any atom is -0.355 e. The van der Waals surface area contributed by atoms with E-state index in [1.54, 1.807) is 25.1 Å². The molecule has 0 aliphatic rings. The number of hydrogen-bond acceptors (Lipinski definition) is 4. The third-order valence-electron chi connectivity index (χ3n) is 2.86. The van der Waals surface area contributed by atoms with Gasteiger partial charge in [0.25, 0.3) is 5.69 Å². The number of nitrogens with zero attached hydrogens (tertiary/aromatic N) is 2. The van der Waals surface area contributed by atoms with Crippen molar-refractivity contribution in [3.8, 4) is 6.07 Å². The Hall–Kier alpha value is -2.94. The molecule has 0 unspecified atom stereocenters. The molecule has 2 aromatic carbocycles. The van der Waals surface area contributed by atoms with Crippen molar-refractivity contribution < 1.29 is 9.31 Å². The Balaban J connectivity index is 2.40. The van der Waals surface area contributed by atoms with Gasteiger partial charge in [0.2, 0.25) is 0 Å². The topological polar surface area (TPSA) is 79.0 Å². The van der Waals surface area contributed by atoms with Crippen LogP contribution in [0.1, 0.15) is 11.1 Å². The highest BCUT2D eigenvalue weighted by Crippen LogP contribution is 2.27. The lowest BCUT2D eigenvalue weighted by Gasteiger charge is -2.10. The minimum atomic E-state index is -0.623. The van der Waals surface area contributed by atoms with Crippen molar-refractivity contribution in [1.82, 2.24) is 0 Å². The summed E-state index contributed by atoms with van der Waals surface area (Å²) in [7, 11) is 0. The van der Waals surface area contributed by atoms with Gasteiger partial charge < -0.3 is 5.32 Å². The van der Waals surface area contributed by atoms with Crippen molar-refractivity contribution in [2.45, 2.75) is 6.92 Å². The summed E-state index contributed by atoms with van der Waals surface area (Å²) in [6.07, 6.45) is 0. The molecule has 2 aromatic rings. The zero-order valence-electron chi connectivity index (χ0n) is 10.6.